The molecule has 2 aromatic carbocycles. The number of hydrogen-bond donors (Lipinski definition) is 2. The summed E-state index contributed by atoms with van der Waals surface area (Å²) in [6.45, 7) is 4.26. The summed E-state index contributed by atoms with van der Waals surface area (Å²) in [5.41, 5.74) is 1.84. The van der Waals surface area contributed by atoms with Gasteiger partial charge in [0.1, 0.15) is 11.8 Å². The van der Waals surface area contributed by atoms with Gasteiger partial charge in [-0.25, -0.2) is 9.69 Å². The molecule has 0 saturated carbocycles. The Morgan fingerprint density at radius 1 is 1.25 bits per heavy atom. The topological polar surface area (TPSA) is 95.9 Å². The first-order chi connectivity index (χ1) is 13.4. The van der Waals surface area contributed by atoms with Crippen LogP contribution in [0.1, 0.15) is 35.7 Å². The Kier molecular flexibility index (Phi) is 5.63. The summed E-state index contributed by atoms with van der Waals surface area (Å²) in [7, 11) is 0. The van der Waals surface area contributed by atoms with Crippen molar-refractivity contribution in [1.82, 2.24) is 0 Å². The second kappa shape index (κ2) is 8.12. The molecule has 0 spiro atoms. The molecule has 0 unspecified atom stereocenters. The number of anilines is 2. The van der Waals surface area contributed by atoms with Crippen LogP contribution in [0.3, 0.4) is 0 Å². The first-order valence-electron chi connectivity index (χ1n) is 9.11. The van der Waals surface area contributed by atoms with Gasteiger partial charge in [-0.05, 0) is 43.2 Å². The number of benzene rings is 2. The second-order valence-electron chi connectivity index (χ2n) is 6.62. The van der Waals surface area contributed by atoms with E-state index in [9.17, 15) is 19.5 Å². The number of nitrogens with zero attached hydrogens (tertiary/aromatic N) is 1. The predicted molar refractivity (Wildman–Crippen MR) is 105 cm³/mol. The smallest absolute Gasteiger partial charge is 0.335 e. The number of ether oxygens (including phenoxy) is 1. The summed E-state index contributed by atoms with van der Waals surface area (Å²) in [5.74, 6) is -1.30. The number of rotatable bonds is 7. The minimum atomic E-state index is -1.06. The van der Waals surface area contributed by atoms with Crippen molar-refractivity contribution in [3.63, 3.8) is 0 Å². The molecule has 28 heavy (non-hydrogen) atoms. The fourth-order valence-corrected chi connectivity index (χ4v) is 3.07. The summed E-state index contributed by atoms with van der Waals surface area (Å²) in [6, 6.07) is 10.8. The molecular formula is C21H22N2O5. The Morgan fingerprint density at radius 3 is 2.71 bits per heavy atom. The van der Waals surface area contributed by atoms with Crippen LogP contribution in [0.25, 0.3) is 0 Å². The lowest BCUT2D eigenvalue weighted by Gasteiger charge is -2.20. The maximum absolute atomic E-state index is 12.9. The molecule has 7 heteroatoms. The predicted octanol–water partition coefficient (Wildman–Crippen LogP) is 3.23. The minimum absolute atomic E-state index is 0.0162. The van der Waals surface area contributed by atoms with Gasteiger partial charge in [0, 0.05) is 5.69 Å². The standard InChI is InChI=1S/C21H22N2O5/c1-3-10-28-18-7-5-4-6-17(18)23-19(24)12-16(20(23)25)22-15-11-14(21(26)27)9-8-13(15)2/h4-9,11,16,22H,3,10,12H2,1-2H3,(H,26,27)/t16-/m1/s1. The highest BCUT2D eigenvalue weighted by atomic mass is 16.5. The lowest BCUT2D eigenvalue weighted by atomic mass is 10.1. The van der Waals surface area contributed by atoms with E-state index in [2.05, 4.69) is 5.32 Å². The highest BCUT2D eigenvalue weighted by molar-refractivity contribution is 6.23. The Morgan fingerprint density at radius 2 is 2.00 bits per heavy atom. The van der Waals surface area contributed by atoms with Crippen LogP contribution in [0.15, 0.2) is 42.5 Å². The van der Waals surface area contributed by atoms with Crippen LogP contribution in [-0.2, 0) is 9.59 Å². The number of aromatic carboxylic acids is 1. The molecule has 0 radical (unpaired) electrons. The lowest BCUT2D eigenvalue weighted by molar-refractivity contribution is -0.121. The molecular weight excluding hydrogens is 360 g/mol. The molecule has 1 heterocycles. The zero-order valence-corrected chi connectivity index (χ0v) is 15.8. The molecule has 146 valence electrons. The Balaban J connectivity index is 1.85. The van der Waals surface area contributed by atoms with E-state index in [1.807, 2.05) is 6.92 Å². The van der Waals surface area contributed by atoms with E-state index >= 15 is 0 Å². The van der Waals surface area contributed by atoms with Crippen molar-refractivity contribution in [2.24, 2.45) is 0 Å². The first-order valence-corrected chi connectivity index (χ1v) is 9.11. The summed E-state index contributed by atoms with van der Waals surface area (Å²) in [6.07, 6.45) is 0.789. The summed E-state index contributed by atoms with van der Waals surface area (Å²) >= 11 is 0. The fraction of sp³-hybridized carbons (Fsp3) is 0.286. The van der Waals surface area contributed by atoms with E-state index in [1.54, 1.807) is 37.3 Å². The van der Waals surface area contributed by atoms with Gasteiger partial charge in [-0.1, -0.05) is 25.1 Å². The van der Waals surface area contributed by atoms with Crippen LogP contribution in [0.4, 0.5) is 11.4 Å². The molecule has 1 aliphatic rings. The number of carboxylic acid groups (broad SMARTS) is 1. The number of amides is 2. The van der Waals surface area contributed by atoms with Crippen LogP contribution in [-0.4, -0.2) is 35.5 Å². The zero-order chi connectivity index (χ0) is 20.3. The monoisotopic (exact) mass is 382 g/mol. The summed E-state index contributed by atoms with van der Waals surface area (Å²) in [4.78, 5) is 37.9. The van der Waals surface area contributed by atoms with E-state index in [-0.39, 0.29) is 17.9 Å². The van der Waals surface area contributed by atoms with Crippen molar-refractivity contribution >= 4 is 29.2 Å². The van der Waals surface area contributed by atoms with E-state index in [4.69, 9.17) is 4.74 Å². The van der Waals surface area contributed by atoms with Crippen molar-refractivity contribution in [2.75, 3.05) is 16.8 Å². The third-order valence-corrected chi connectivity index (χ3v) is 4.53. The molecule has 0 aliphatic carbocycles. The SMILES string of the molecule is CCCOc1ccccc1N1C(=O)C[C@@H](Nc2cc(C(=O)O)ccc2C)C1=O. The molecule has 2 aromatic rings. The molecule has 2 N–H and O–H groups in total. The van der Waals surface area contributed by atoms with E-state index in [0.29, 0.717) is 23.7 Å². The van der Waals surface area contributed by atoms with Crippen LogP contribution in [0.5, 0.6) is 5.75 Å². The van der Waals surface area contributed by atoms with E-state index in [1.165, 1.54) is 12.1 Å². The number of carboxylic acids is 1. The minimum Gasteiger partial charge on any atom is -0.491 e. The molecule has 0 bridgehead atoms. The van der Waals surface area contributed by atoms with Crippen molar-refractivity contribution in [1.29, 1.82) is 0 Å². The average Bonchev–Trinajstić information content (AvgIpc) is 2.95. The third-order valence-electron chi connectivity index (χ3n) is 4.53. The molecule has 1 aliphatic heterocycles. The largest absolute Gasteiger partial charge is 0.491 e. The van der Waals surface area contributed by atoms with Gasteiger partial charge >= 0.3 is 5.97 Å². The van der Waals surface area contributed by atoms with Gasteiger partial charge in [-0.15, -0.1) is 0 Å². The summed E-state index contributed by atoms with van der Waals surface area (Å²) in [5, 5.41) is 12.2. The molecule has 3 rings (SSSR count). The number of imide groups is 1. The third kappa shape index (κ3) is 3.83. The number of hydrogen-bond acceptors (Lipinski definition) is 5. The van der Waals surface area contributed by atoms with Crippen LogP contribution in [0.2, 0.25) is 0 Å². The van der Waals surface area contributed by atoms with Crippen molar-refractivity contribution in [2.45, 2.75) is 32.7 Å². The van der Waals surface area contributed by atoms with Gasteiger partial charge in [-0.2, -0.15) is 0 Å². The normalized spacial score (nSPS) is 16.4. The van der Waals surface area contributed by atoms with Crippen LogP contribution < -0.4 is 15.0 Å². The quantitative estimate of drug-likeness (QED) is 0.714. The fourth-order valence-electron chi connectivity index (χ4n) is 3.07. The highest BCUT2D eigenvalue weighted by Gasteiger charge is 2.41. The number of carbonyl (C=O) groups excluding carboxylic acids is 2. The molecule has 1 atom stereocenters. The van der Waals surface area contributed by atoms with Gasteiger partial charge in [0.25, 0.3) is 5.91 Å². The highest BCUT2D eigenvalue weighted by Crippen LogP contribution is 2.33. The summed E-state index contributed by atoms with van der Waals surface area (Å²) < 4.78 is 5.68. The van der Waals surface area contributed by atoms with Gasteiger partial charge in [0.15, 0.2) is 0 Å². The maximum atomic E-state index is 12.9. The Bertz CT molecular complexity index is 925. The maximum Gasteiger partial charge on any atom is 0.335 e. The van der Waals surface area contributed by atoms with Crippen molar-refractivity contribution in [3.8, 4) is 5.75 Å². The van der Waals surface area contributed by atoms with Gasteiger partial charge in [0.05, 0.1) is 24.3 Å². The van der Waals surface area contributed by atoms with E-state index in [0.717, 1.165) is 16.9 Å². The Hall–Kier alpha value is -3.35. The van der Waals surface area contributed by atoms with Crippen molar-refractivity contribution in [3.05, 3.63) is 53.6 Å². The van der Waals surface area contributed by atoms with Gasteiger partial charge in [0.2, 0.25) is 5.91 Å². The molecule has 1 fully saturated rings. The number of aryl methyl sites for hydroxylation is 1. The van der Waals surface area contributed by atoms with Gasteiger partial charge in [-0.3, -0.25) is 9.59 Å². The Labute approximate surface area is 162 Å². The average molecular weight is 382 g/mol. The van der Waals surface area contributed by atoms with Crippen LogP contribution >= 0.6 is 0 Å². The first kappa shape index (κ1) is 19.4. The molecule has 1 saturated heterocycles. The molecule has 2 amide bonds. The molecule has 0 aromatic heterocycles. The second-order valence-corrected chi connectivity index (χ2v) is 6.62. The van der Waals surface area contributed by atoms with Crippen molar-refractivity contribution < 1.29 is 24.2 Å². The molecule has 7 nitrogen and oxygen atoms in total. The number of nitrogens with one attached hydrogen (secondary N) is 1. The van der Waals surface area contributed by atoms with E-state index < -0.39 is 17.9 Å². The zero-order valence-electron chi connectivity index (χ0n) is 15.8. The van der Waals surface area contributed by atoms with Gasteiger partial charge < -0.3 is 15.2 Å². The lowest BCUT2D eigenvalue weighted by Crippen LogP contribution is -2.35. The van der Waals surface area contributed by atoms with Crippen LogP contribution in [0, 0.1) is 6.92 Å². The number of para-hydroxylation sites is 2. The number of carbonyl (C=O) groups is 3.